The minimum atomic E-state index is 0.356. The molecule has 1 unspecified atom stereocenters. The fourth-order valence-electron chi connectivity index (χ4n) is 1.82. The molecule has 1 aromatic rings. The summed E-state index contributed by atoms with van der Waals surface area (Å²) in [6.07, 6.45) is 1.88. The summed E-state index contributed by atoms with van der Waals surface area (Å²) in [5.74, 6) is 1.10. The van der Waals surface area contributed by atoms with Crippen molar-refractivity contribution < 1.29 is 0 Å². The van der Waals surface area contributed by atoms with Crippen LogP contribution in [0.5, 0.6) is 0 Å². The summed E-state index contributed by atoms with van der Waals surface area (Å²) in [6, 6.07) is 4.53. The summed E-state index contributed by atoms with van der Waals surface area (Å²) in [5, 5.41) is 4.44. The van der Waals surface area contributed by atoms with Crippen LogP contribution in [0.3, 0.4) is 0 Å². The van der Waals surface area contributed by atoms with Gasteiger partial charge in [0.2, 0.25) is 0 Å². The van der Waals surface area contributed by atoms with Crippen LogP contribution in [0.4, 0.5) is 0 Å². The maximum atomic E-state index is 4.50. The Balaban J connectivity index is 2.56. The van der Waals surface area contributed by atoms with Crippen molar-refractivity contribution in [2.45, 2.75) is 31.8 Å². The maximum Gasteiger partial charge on any atom is 0.101 e. The molecule has 102 valence electrons. The number of pyridine rings is 1. The van der Waals surface area contributed by atoms with E-state index >= 15 is 0 Å². The van der Waals surface area contributed by atoms with Crippen molar-refractivity contribution in [2.24, 2.45) is 0 Å². The standard InChI is InChI=1S/C14H25N3S/c1-5-17(6-2)10-11-18-14-13(12(3)15-4)8-7-9-16-14/h7-9,12,15H,5-6,10-11H2,1-4H3. The summed E-state index contributed by atoms with van der Waals surface area (Å²) >= 11 is 1.86. The SMILES string of the molecule is CCN(CC)CCSc1ncccc1C(C)NC. The van der Waals surface area contributed by atoms with Gasteiger partial charge in [0, 0.05) is 30.1 Å². The molecule has 18 heavy (non-hydrogen) atoms. The van der Waals surface area contributed by atoms with E-state index in [1.165, 1.54) is 5.56 Å². The number of rotatable bonds is 8. The van der Waals surface area contributed by atoms with Gasteiger partial charge in [-0.2, -0.15) is 0 Å². The second-order valence-electron chi connectivity index (χ2n) is 4.28. The van der Waals surface area contributed by atoms with E-state index in [1.54, 1.807) is 0 Å². The Morgan fingerprint density at radius 1 is 1.39 bits per heavy atom. The van der Waals surface area contributed by atoms with E-state index in [1.807, 2.05) is 31.1 Å². The van der Waals surface area contributed by atoms with Crippen LogP contribution in [0, 0.1) is 0 Å². The summed E-state index contributed by atoms with van der Waals surface area (Å²) in [4.78, 5) is 6.94. The third kappa shape index (κ3) is 4.59. The van der Waals surface area contributed by atoms with Crippen LogP contribution in [-0.4, -0.2) is 42.3 Å². The molecule has 0 amide bonds. The fourth-order valence-corrected chi connectivity index (χ4v) is 2.91. The van der Waals surface area contributed by atoms with Crippen molar-refractivity contribution in [1.82, 2.24) is 15.2 Å². The zero-order valence-corrected chi connectivity index (χ0v) is 12.8. The first-order valence-electron chi connectivity index (χ1n) is 6.70. The Kier molecular flexibility index (Phi) is 7.32. The minimum Gasteiger partial charge on any atom is -0.313 e. The molecule has 1 atom stereocenters. The lowest BCUT2D eigenvalue weighted by Gasteiger charge is -2.18. The molecule has 0 spiro atoms. The monoisotopic (exact) mass is 267 g/mol. The molecule has 1 heterocycles. The third-order valence-electron chi connectivity index (χ3n) is 3.24. The number of hydrogen-bond donors (Lipinski definition) is 1. The van der Waals surface area contributed by atoms with Gasteiger partial charge < -0.3 is 10.2 Å². The Morgan fingerprint density at radius 3 is 2.72 bits per heavy atom. The lowest BCUT2D eigenvalue weighted by atomic mass is 10.1. The molecule has 0 radical (unpaired) electrons. The number of hydrogen-bond acceptors (Lipinski definition) is 4. The van der Waals surface area contributed by atoms with Crippen LogP contribution in [0.15, 0.2) is 23.4 Å². The maximum absolute atomic E-state index is 4.50. The molecule has 0 bridgehead atoms. The Bertz CT molecular complexity index is 340. The van der Waals surface area contributed by atoms with Crippen LogP contribution in [0.1, 0.15) is 32.4 Å². The van der Waals surface area contributed by atoms with E-state index in [9.17, 15) is 0 Å². The Labute approximate surface area is 115 Å². The first-order valence-corrected chi connectivity index (χ1v) is 7.68. The number of nitrogens with one attached hydrogen (secondary N) is 1. The Hall–Kier alpha value is -0.580. The van der Waals surface area contributed by atoms with Crippen LogP contribution >= 0.6 is 11.8 Å². The van der Waals surface area contributed by atoms with Gasteiger partial charge >= 0.3 is 0 Å². The Morgan fingerprint density at radius 2 is 2.11 bits per heavy atom. The van der Waals surface area contributed by atoms with Gasteiger partial charge in [-0.1, -0.05) is 19.9 Å². The number of nitrogens with zero attached hydrogens (tertiary/aromatic N) is 2. The molecule has 0 aliphatic heterocycles. The second kappa shape index (κ2) is 8.51. The van der Waals surface area contributed by atoms with Gasteiger partial charge in [-0.15, -0.1) is 11.8 Å². The number of aromatic nitrogens is 1. The van der Waals surface area contributed by atoms with Gasteiger partial charge in [0.25, 0.3) is 0 Å². The normalized spacial score (nSPS) is 12.9. The zero-order valence-electron chi connectivity index (χ0n) is 11.9. The van der Waals surface area contributed by atoms with Crippen molar-refractivity contribution in [2.75, 3.05) is 32.4 Å². The smallest absolute Gasteiger partial charge is 0.101 e. The van der Waals surface area contributed by atoms with Crippen molar-refractivity contribution in [3.8, 4) is 0 Å². The molecule has 0 saturated carbocycles. The van der Waals surface area contributed by atoms with Gasteiger partial charge in [0.15, 0.2) is 0 Å². The molecule has 0 aromatic carbocycles. The van der Waals surface area contributed by atoms with E-state index in [4.69, 9.17) is 0 Å². The average molecular weight is 267 g/mol. The van der Waals surface area contributed by atoms with Crippen molar-refractivity contribution in [3.05, 3.63) is 23.9 Å². The zero-order chi connectivity index (χ0) is 13.4. The number of thioether (sulfide) groups is 1. The molecule has 0 saturated heterocycles. The topological polar surface area (TPSA) is 28.2 Å². The van der Waals surface area contributed by atoms with Gasteiger partial charge in [0.1, 0.15) is 5.03 Å². The second-order valence-corrected chi connectivity index (χ2v) is 5.37. The molecule has 0 fully saturated rings. The molecule has 0 aliphatic rings. The molecule has 4 heteroatoms. The van der Waals surface area contributed by atoms with Crippen LogP contribution in [0.25, 0.3) is 0 Å². The van der Waals surface area contributed by atoms with Crippen molar-refractivity contribution in [3.63, 3.8) is 0 Å². The highest BCUT2D eigenvalue weighted by Gasteiger charge is 2.10. The lowest BCUT2D eigenvalue weighted by Crippen LogP contribution is -2.25. The molecular weight excluding hydrogens is 242 g/mol. The first-order chi connectivity index (χ1) is 8.72. The molecule has 3 nitrogen and oxygen atoms in total. The highest BCUT2D eigenvalue weighted by molar-refractivity contribution is 7.99. The molecule has 0 aliphatic carbocycles. The van der Waals surface area contributed by atoms with Crippen LogP contribution < -0.4 is 5.32 Å². The minimum absolute atomic E-state index is 0.356. The van der Waals surface area contributed by atoms with Gasteiger partial charge in [0.05, 0.1) is 0 Å². The van der Waals surface area contributed by atoms with E-state index in [-0.39, 0.29) is 0 Å². The van der Waals surface area contributed by atoms with Crippen molar-refractivity contribution >= 4 is 11.8 Å². The van der Waals surface area contributed by atoms with Gasteiger partial charge in [-0.05, 0) is 33.1 Å². The fraction of sp³-hybridized carbons (Fsp3) is 0.643. The predicted molar refractivity (Wildman–Crippen MR) is 80.2 cm³/mol. The lowest BCUT2D eigenvalue weighted by molar-refractivity contribution is 0.324. The van der Waals surface area contributed by atoms with Gasteiger partial charge in [-0.25, -0.2) is 4.98 Å². The van der Waals surface area contributed by atoms with E-state index in [0.717, 1.165) is 30.4 Å². The molecule has 1 rings (SSSR count). The largest absolute Gasteiger partial charge is 0.313 e. The molecule has 1 aromatic heterocycles. The van der Waals surface area contributed by atoms with E-state index in [0.29, 0.717) is 6.04 Å². The van der Waals surface area contributed by atoms with E-state index in [2.05, 4.69) is 42.0 Å². The summed E-state index contributed by atoms with van der Waals surface area (Å²) < 4.78 is 0. The van der Waals surface area contributed by atoms with Gasteiger partial charge in [-0.3, -0.25) is 0 Å². The molecule has 1 N–H and O–H groups in total. The van der Waals surface area contributed by atoms with E-state index < -0.39 is 0 Å². The summed E-state index contributed by atoms with van der Waals surface area (Å²) in [6.45, 7) is 9.97. The third-order valence-corrected chi connectivity index (χ3v) is 4.24. The quantitative estimate of drug-likeness (QED) is 0.733. The first kappa shape index (κ1) is 15.5. The molecular formula is C14H25N3S. The summed E-state index contributed by atoms with van der Waals surface area (Å²) in [5.41, 5.74) is 1.30. The highest BCUT2D eigenvalue weighted by Crippen LogP contribution is 2.24. The predicted octanol–water partition coefficient (Wildman–Crippen LogP) is 2.80. The highest BCUT2D eigenvalue weighted by atomic mass is 32.2. The van der Waals surface area contributed by atoms with Crippen LogP contribution in [0.2, 0.25) is 0 Å². The summed E-state index contributed by atoms with van der Waals surface area (Å²) in [7, 11) is 1.99. The average Bonchev–Trinajstić information content (AvgIpc) is 2.43. The van der Waals surface area contributed by atoms with Crippen LogP contribution in [-0.2, 0) is 0 Å². The van der Waals surface area contributed by atoms with Crippen molar-refractivity contribution in [1.29, 1.82) is 0 Å².